The third-order valence-corrected chi connectivity index (χ3v) is 6.26. The van der Waals surface area contributed by atoms with Gasteiger partial charge in [-0.2, -0.15) is 0 Å². The second kappa shape index (κ2) is 12.0. The third-order valence-electron chi connectivity index (χ3n) is 6.26. The zero-order chi connectivity index (χ0) is 21.7. The van der Waals surface area contributed by atoms with Crippen molar-refractivity contribution in [2.45, 2.75) is 59.5 Å². The molecule has 176 valence electrons. The molecule has 0 aliphatic carbocycles. The highest BCUT2D eigenvalue weighted by atomic mass is 127. The van der Waals surface area contributed by atoms with Crippen molar-refractivity contribution in [3.63, 3.8) is 0 Å². The number of halogens is 1. The minimum atomic E-state index is 0. The maximum absolute atomic E-state index is 12.2. The molecule has 0 saturated carbocycles. The summed E-state index contributed by atoms with van der Waals surface area (Å²) in [6, 6.07) is 0.272. The number of carbonyl (C=O) groups is 1. The number of hydrogen-bond donors (Lipinski definition) is 2. The molecule has 1 atom stereocenters. The number of amides is 1. The summed E-state index contributed by atoms with van der Waals surface area (Å²) >= 11 is 0. The van der Waals surface area contributed by atoms with Gasteiger partial charge >= 0.3 is 0 Å². The van der Waals surface area contributed by atoms with Crippen LogP contribution < -0.4 is 10.6 Å². The number of aryl methyl sites for hydroxylation is 2. The van der Waals surface area contributed by atoms with Crippen molar-refractivity contribution >= 4 is 35.8 Å². The SMILES string of the molecule is CN=C(NCC1CCN(Cc2nc(C)c(C)o2)CC1)NC1CCN(C(=O)C(C)C)C1.I. The Hall–Kier alpha value is -1.36. The van der Waals surface area contributed by atoms with Gasteiger partial charge in [-0.3, -0.25) is 14.7 Å². The topological polar surface area (TPSA) is 86.0 Å². The van der Waals surface area contributed by atoms with Gasteiger partial charge in [0.15, 0.2) is 5.96 Å². The monoisotopic (exact) mass is 546 g/mol. The molecule has 31 heavy (non-hydrogen) atoms. The molecule has 1 aromatic rings. The number of aromatic nitrogens is 1. The van der Waals surface area contributed by atoms with Crippen LogP contribution in [0.1, 0.15) is 50.5 Å². The molecule has 0 bridgehead atoms. The van der Waals surface area contributed by atoms with Crippen molar-refractivity contribution in [3.05, 3.63) is 17.3 Å². The highest BCUT2D eigenvalue weighted by Gasteiger charge is 2.28. The fourth-order valence-corrected chi connectivity index (χ4v) is 4.22. The lowest BCUT2D eigenvalue weighted by Gasteiger charge is -2.31. The maximum Gasteiger partial charge on any atom is 0.225 e. The fourth-order valence-electron chi connectivity index (χ4n) is 4.22. The normalized spacial score (nSPS) is 20.8. The minimum absolute atomic E-state index is 0. The molecule has 0 aromatic carbocycles. The number of rotatable bonds is 6. The Balaban J connectivity index is 0.00000341. The number of nitrogens with zero attached hydrogens (tertiary/aromatic N) is 4. The lowest BCUT2D eigenvalue weighted by Crippen LogP contribution is -2.47. The second-order valence-electron chi connectivity index (χ2n) is 8.99. The molecule has 2 N–H and O–H groups in total. The van der Waals surface area contributed by atoms with E-state index < -0.39 is 0 Å². The van der Waals surface area contributed by atoms with E-state index in [1.165, 1.54) is 0 Å². The Morgan fingerprint density at radius 2 is 1.94 bits per heavy atom. The first kappa shape index (κ1) is 25.9. The predicted molar refractivity (Wildman–Crippen MR) is 134 cm³/mol. The Morgan fingerprint density at radius 3 is 2.52 bits per heavy atom. The molecule has 1 unspecified atom stereocenters. The zero-order valence-electron chi connectivity index (χ0n) is 19.6. The Kier molecular flexibility index (Phi) is 10.1. The van der Waals surface area contributed by atoms with Crippen LogP contribution in [0.25, 0.3) is 0 Å². The standard InChI is InChI=1S/C22H38N6O2.HI/c1-15(2)21(29)28-11-8-19(13-28)26-22(23-5)24-12-18-6-9-27(10-7-18)14-20-25-16(3)17(4)30-20;/h15,18-19H,6-14H2,1-5H3,(H2,23,24,26);1H. The minimum Gasteiger partial charge on any atom is -0.444 e. The third kappa shape index (κ3) is 7.34. The van der Waals surface area contributed by atoms with Crippen LogP contribution in [0, 0.1) is 25.7 Å². The number of guanidine groups is 1. The number of aliphatic imine (C=N–C) groups is 1. The first-order chi connectivity index (χ1) is 14.4. The van der Waals surface area contributed by atoms with Crippen molar-refractivity contribution in [3.8, 4) is 0 Å². The van der Waals surface area contributed by atoms with Gasteiger partial charge in [0.05, 0.1) is 12.2 Å². The van der Waals surface area contributed by atoms with Crippen LogP contribution in [0.3, 0.4) is 0 Å². The van der Waals surface area contributed by atoms with Gasteiger partial charge in [-0.1, -0.05) is 13.8 Å². The molecule has 2 saturated heterocycles. The summed E-state index contributed by atoms with van der Waals surface area (Å²) in [5.74, 6) is 3.52. The highest BCUT2D eigenvalue weighted by Crippen LogP contribution is 2.19. The molecule has 9 heteroatoms. The lowest BCUT2D eigenvalue weighted by atomic mass is 9.97. The van der Waals surface area contributed by atoms with Crippen LogP contribution in [0.15, 0.2) is 9.41 Å². The molecule has 0 spiro atoms. The summed E-state index contributed by atoms with van der Waals surface area (Å²) in [6.07, 6.45) is 3.28. The quantitative estimate of drug-likeness (QED) is 0.324. The average Bonchev–Trinajstić information content (AvgIpc) is 3.31. The van der Waals surface area contributed by atoms with Crippen molar-refractivity contribution in [1.82, 2.24) is 25.4 Å². The van der Waals surface area contributed by atoms with E-state index in [0.717, 1.165) is 81.8 Å². The van der Waals surface area contributed by atoms with Crippen LogP contribution in [-0.4, -0.2) is 72.5 Å². The molecule has 2 fully saturated rings. The molecule has 1 amide bonds. The van der Waals surface area contributed by atoms with Crippen LogP contribution >= 0.6 is 24.0 Å². The smallest absolute Gasteiger partial charge is 0.225 e. The number of nitrogens with one attached hydrogen (secondary N) is 2. The molecular weight excluding hydrogens is 507 g/mol. The Labute approximate surface area is 203 Å². The van der Waals surface area contributed by atoms with Gasteiger partial charge in [-0.05, 0) is 52.1 Å². The Morgan fingerprint density at radius 1 is 1.23 bits per heavy atom. The lowest BCUT2D eigenvalue weighted by molar-refractivity contribution is -0.133. The van der Waals surface area contributed by atoms with Crippen LogP contribution in [-0.2, 0) is 11.3 Å². The van der Waals surface area contributed by atoms with E-state index in [0.29, 0.717) is 5.92 Å². The van der Waals surface area contributed by atoms with Gasteiger partial charge in [-0.15, -0.1) is 24.0 Å². The first-order valence-electron chi connectivity index (χ1n) is 11.3. The van der Waals surface area contributed by atoms with Gasteiger partial charge in [0, 0.05) is 38.6 Å². The number of carbonyl (C=O) groups excluding carboxylic acids is 1. The molecular formula is C22H39IN6O2. The van der Waals surface area contributed by atoms with E-state index in [9.17, 15) is 4.79 Å². The molecule has 8 nitrogen and oxygen atoms in total. The van der Waals surface area contributed by atoms with E-state index in [4.69, 9.17) is 4.42 Å². The summed E-state index contributed by atoms with van der Waals surface area (Å²) in [6.45, 7) is 13.3. The van der Waals surface area contributed by atoms with Crippen LogP contribution in [0.4, 0.5) is 0 Å². The van der Waals surface area contributed by atoms with Crippen LogP contribution in [0.2, 0.25) is 0 Å². The van der Waals surface area contributed by atoms with Crippen molar-refractivity contribution in [2.75, 3.05) is 39.8 Å². The summed E-state index contributed by atoms with van der Waals surface area (Å²) in [4.78, 5) is 25.4. The summed E-state index contributed by atoms with van der Waals surface area (Å²) in [5.41, 5.74) is 0.988. The summed E-state index contributed by atoms with van der Waals surface area (Å²) in [7, 11) is 1.81. The second-order valence-corrected chi connectivity index (χ2v) is 8.99. The van der Waals surface area contributed by atoms with E-state index in [2.05, 4.69) is 25.5 Å². The van der Waals surface area contributed by atoms with Crippen molar-refractivity contribution in [1.29, 1.82) is 0 Å². The van der Waals surface area contributed by atoms with E-state index in [1.807, 2.05) is 39.6 Å². The van der Waals surface area contributed by atoms with Gasteiger partial charge < -0.3 is 20.0 Å². The largest absolute Gasteiger partial charge is 0.444 e. The van der Waals surface area contributed by atoms with Crippen molar-refractivity contribution in [2.24, 2.45) is 16.8 Å². The fraction of sp³-hybridized carbons (Fsp3) is 0.773. The number of oxazole rings is 1. The summed E-state index contributed by atoms with van der Waals surface area (Å²) in [5, 5.41) is 6.99. The molecule has 2 aliphatic rings. The number of hydrogen-bond acceptors (Lipinski definition) is 5. The summed E-state index contributed by atoms with van der Waals surface area (Å²) < 4.78 is 5.72. The average molecular weight is 546 g/mol. The number of likely N-dealkylation sites (tertiary alicyclic amines) is 2. The first-order valence-corrected chi connectivity index (χ1v) is 11.3. The molecule has 2 aliphatic heterocycles. The molecule has 0 radical (unpaired) electrons. The predicted octanol–water partition coefficient (Wildman–Crippen LogP) is 2.54. The van der Waals surface area contributed by atoms with Gasteiger partial charge in [-0.25, -0.2) is 4.98 Å². The number of piperidine rings is 1. The highest BCUT2D eigenvalue weighted by molar-refractivity contribution is 14.0. The van der Waals surface area contributed by atoms with E-state index in [1.54, 1.807) is 0 Å². The van der Waals surface area contributed by atoms with Gasteiger partial charge in [0.2, 0.25) is 11.8 Å². The maximum atomic E-state index is 12.2. The molecule has 3 rings (SSSR count). The van der Waals surface area contributed by atoms with Gasteiger partial charge in [0.25, 0.3) is 0 Å². The van der Waals surface area contributed by atoms with Crippen molar-refractivity contribution < 1.29 is 9.21 Å². The van der Waals surface area contributed by atoms with Crippen LogP contribution in [0.5, 0.6) is 0 Å². The van der Waals surface area contributed by atoms with E-state index in [-0.39, 0.29) is 41.8 Å². The molecule has 3 heterocycles. The van der Waals surface area contributed by atoms with E-state index >= 15 is 0 Å². The van der Waals surface area contributed by atoms with Gasteiger partial charge in [0.1, 0.15) is 5.76 Å². The zero-order valence-corrected chi connectivity index (χ0v) is 21.9. The Bertz CT molecular complexity index is 723. The molecule has 1 aromatic heterocycles.